The molecule has 3 heteroatoms. The average molecular weight is 237 g/mol. The Bertz CT molecular complexity index is 238. The predicted molar refractivity (Wildman–Crippen MR) is 45.5 cm³/mol. The van der Waals surface area contributed by atoms with Gasteiger partial charge in [-0.05, 0) is 7.05 Å². The van der Waals surface area contributed by atoms with Gasteiger partial charge < -0.3 is 9.55 Å². The Balaban J connectivity index is 0.00000121. The maximum absolute atomic E-state index is 4.12. The van der Waals surface area contributed by atoms with Crippen LogP contribution >= 0.6 is 0 Å². The van der Waals surface area contributed by atoms with Crippen molar-refractivity contribution >= 4 is 0 Å². The monoisotopic (exact) mass is 236 g/mol. The Morgan fingerprint density at radius 1 is 1.33 bits per heavy atom. The van der Waals surface area contributed by atoms with Crippen LogP contribution in [0, 0.1) is 13.3 Å². The van der Waals surface area contributed by atoms with Crippen molar-refractivity contribution in [3.8, 4) is 0 Å². The number of hydrogen-bond acceptors (Lipinski definition) is 1. The van der Waals surface area contributed by atoms with Crippen LogP contribution in [-0.2, 0) is 12.5 Å². The van der Waals surface area contributed by atoms with Crippen molar-refractivity contribution in [1.29, 1.82) is 0 Å². The summed E-state index contributed by atoms with van der Waals surface area (Å²) in [6.07, 6.45) is 2.91. The molecule has 0 saturated carbocycles. The number of imidazole rings is 1. The maximum Gasteiger partial charge on any atom is 1.00 e. The molecule has 0 bridgehead atoms. The smallest absolute Gasteiger partial charge is 0.453 e. The third-order valence-electron chi connectivity index (χ3n) is 1.76. The van der Waals surface area contributed by atoms with Gasteiger partial charge in [-0.25, -0.2) is 0 Å². The standard InChI is InChI=1S/C9H15N2.Rb/c1-7-8(9(2,3)4)11(5)6-10-7;/h1-5H3;/q-1;+1. The molecule has 0 aliphatic heterocycles. The summed E-state index contributed by atoms with van der Waals surface area (Å²) in [6, 6.07) is 0. The number of aryl methyl sites for hydroxylation is 2. The van der Waals surface area contributed by atoms with E-state index >= 15 is 0 Å². The van der Waals surface area contributed by atoms with Crippen molar-refractivity contribution in [2.24, 2.45) is 7.05 Å². The number of nitrogens with zero attached hydrogens (tertiary/aromatic N) is 2. The summed E-state index contributed by atoms with van der Waals surface area (Å²) >= 11 is 0. The molecule has 0 spiro atoms. The molecule has 1 rings (SSSR count). The van der Waals surface area contributed by atoms with Gasteiger partial charge in [0, 0.05) is 6.33 Å². The van der Waals surface area contributed by atoms with Crippen LogP contribution in [0.5, 0.6) is 0 Å². The van der Waals surface area contributed by atoms with Crippen molar-refractivity contribution < 1.29 is 58.2 Å². The number of rotatable bonds is 0. The summed E-state index contributed by atoms with van der Waals surface area (Å²) in [5, 5.41) is 0. The summed E-state index contributed by atoms with van der Waals surface area (Å²) in [5.41, 5.74) is 2.52. The summed E-state index contributed by atoms with van der Waals surface area (Å²) in [4.78, 5) is 4.12. The van der Waals surface area contributed by atoms with Gasteiger partial charge in [0.25, 0.3) is 0 Å². The van der Waals surface area contributed by atoms with Crippen molar-refractivity contribution in [1.82, 2.24) is 9.55 Å². The molecule has 0 aromatic carbocycles. The molecule has 0 aliphatic carbocycles. The van der Waals surface area contributed by atoms with Crippen LogP contribution < -0.4 is 58.2 Å². The molecule has 0 amide bonds. The summed E-state index contributed by atoms with van der Waals surface area (Å²) in [6.45, 7) is 8.58. The molecule has 0 saturated heterocycles. The Hall–Kier alpha value is 1.02. The molecule has 0 aliphatic rings. The van der Waals surface area contributed by atoms with Gasteiger partial charge in [0.05, 0.1) is 0 Å². The zero-order chi connectivity index (χ0) is 8.65. The molecule has 2 nitrogen and oxygen atoms in total. The zero-order valence-electron chi connectivity index (χ0n) is 8.89. The first-order chi connectivity index (χ1) is 4.93. The normalized spacial score (nSPS) is 11.1. The van der Waals surface area contributed by atoms with Gasteiger partial charge in [0.15, 0.2) is 0 Å². The molecule has 62 valence electrons. The largest absolute Gasteiger partial charge is 1.00 e. The zero-order valence-corrected chi connectivity index (χ0v) is 13.8. The second kappa shape index (κ2) is 4.49. The maximum atomic E-state index is 4.12. The minimum absolute atomic E-state index is 0. The molecular formula is C9H15N2Rb. The van der Waals surface area contributed by atoms with E-state index in [0.29, 0.717) is 0 Å². The first-order valence-corrected chi connectivity index (χ1v) is 3.84. The second-order valence-electron chi connectivity index (χ2n) is 3.95. The van der Waals surface area contributed by atoms with Crippen LogP contribution in [0.1, 0.15) is 32.2 Å². The molecule has 12 heavy (non-hydrogen) atoms. The Morgan fingerprint density at radius 3 is 2.00 bits per heavy atom. The van der Waals surface area contributed by atoms with Crippen LogP contribution in [0.2, 0.25) is 0 Å². The topological polar surface area (TPSA) is 17.8 Å². The van der Waals surface area contributed by atoms with Gasteiger partial charge in [-0.2, -0.15) is 0 Å². The van der Waals surface area contributed by atoms with Gasteiger partial charge in [0.2, 0.25) is 0 Å². The summed E-state index contributed by atoms with van der Waals surface area (Å²) in [7, 11) is 1.99. The van der Waals surface area contributed by atoms with Crippen LogP contribution in [0.25, 0.3) is 0 Å². The molecule has 1 aromatic rings. The van der Waals surface area contributed by atoms with Crippen molar-refractivity contribution in [2.45, 2.75) is 33.1 Å². The molecule has 0 atom stereocenters. The third-order valence-corrected chi connectivity index (χ3v) is 1.76. The molecule has 0 unspecified atom stereocenters. The first-order valence-electron chi connectivity index (χ1n) is 3.84. The van der Waals surface area contributed by atoms with Gasteiger partial charge in [-0.1, -0.05) is 38.8 Å². The van der Waals surface area contributed by atoms with Crippen molar-refractivity contribution in [3.05, 3.63) is 17.7 Å². The van der Waals surface area contributed by atoms with E-state index in [1.807, 2.05) is 18.5 Å². The molecule has 1 aromatic heterocycles. The van der Waals surface area contributed by atoms with E-state index in [1.54, 1.807) is 0 Å². The van der Waals surface area contributed by atoms with Gasteiger partial charge in [0.1, 0.15) is 0 Å². The van der Waals surface area contributed by atoms with E-state index in [0.717, 1.165) is 5.69 Å². The Labute approximate surface area is 124 Å². The van der Waals surface area contributed by atoms with E-state index in [9.17, 15) is 0 Å². The Kier molecular flexibility index (Phi) is 4.87. The minimum atomic E-state index is 0. The average Bonchev–Trinajstić information content (AvgIpc) is 2.08. The predicted octanol–water partition coefficient (Wildman–Crippen LogP) is -1.17. The second-order valence-corrected chi connectivity index (χ2v) is 3.95. The SMILES string of the molecule is Cc1n[c-]n(C)c1C(C)(C)C.[Rb+]. The van der Waals surface area contributed by atoms with Gasteiger partial charge >= 0.3 is 58.2 Å². The van der Waals surface area contributed by atoms with E-state index in [1.165, 1.54) is 5.69 Å². The first kappa shape index (κ1) is 13.0. The summed E-state index contributed by atoms with van der Waals surface area (Å²) < 4.78 is 1.97. The fraction of sp³-hybridized carbons (Fsp3) is 0.667. The van der Waals surface area contributed by atoms with E-state index in [-0.39, 0.29) is 63.6 Å². The quantitative estimate of drug-likeness (QED) is 0.519. The Morgan fingerprint density at radius 2 is 1.83 bits per heavy atom. The molecule has 1 heterocycles. The van der Waals surface area contributed by atoms with Crippen LogP contribution in [-0.4, -0.2) is 9.55 Å². The third kappa shape index (κ3) is 2.76. The minimum Gasteiger partial charge on any atom is -0.453 e. The van der Waals surface area contributed by atoms with E-state index in [4.69, 9.17) is 0 Å². The molecular weight excluding hydrogens is 222 g/mol. The van der Waals surface area contributed by atoms with Crippen LogP contribution in [0.3, 0.4) is 0 Å². The van der Waals surface area contributed by atoms with Gasteiger partial charge in [-0.3, -0.25) is 0 Å². The molecule has 0 N–H and O–H groups in total. The van der Waals surface area contributed by atoms with Crippen LogP contribution in [0.15, 0.2) is 0 Å². The van der Waals surface area contributed by atoms with Crippen molar-refractivity contribution in [2.75, 3.05) is 0 Å². The van der Waals surface area contributed by atoms with Crippen LogP contribution in [0.4, 0.5) is 0 Å². The molecule has 0 radical (unpaired) electrons. The summed E-state index contributed by atoms with van der Waals surface area (Å²) in [5.74, 6) is 0. The number of aromatic nitrogens is 2. The fourth-order valence-electron chi connectivity index (χ4n) is 1.54. The fourth-order valence-corrected chi connectivity index (χ4v) is 1.54. The van der Waals surface area contributed by atoms with Crippen molar-refractivity contribution in [3.63, 3.8) is 0 Å². The van der Waals surface area contributed by atoms with Gasteiger partial charge in [-0.15, -0.1) is 5.69 Å². The van der Waals surface area contributed by atoms with E-state index in [2.05, 4.69) is 32.1 Å². The van der Waals surface area contributed by atoms with E-state index < -0.39 is 0 Å². The molecule has 0 fully saturated rings. The number of hydrogen-bond donors (Lipinski definition) is 0.